The summed E-state index contributed by atoms with van der Waals surface area (Å²) >= 11 is 0. The van der Waals surface area contributed by atoms with Crippen LogP contribution in [0.2, 0.25) is 0 Å². The zero-order chi connectivity index (χ0) is 15.5. The smallest absolute Gasteiger partial charge is 0.314 e. The average molecular weight is 301 g/mol. The van der Waals surface area contributed by atoms with E-state index >= 15 is 0 Å². The number of para-hydroxylation sites is 1. The molecule has 2 heterocycles. The molecule has 2 atom stereocenters. The number of H-pyrrole nitrogens is 1. The number of aromatic nitrogens is 1. The fourth-order valence-electron chi connectivity index (χ4n) is 3.59. The Morgan fingerprint density at radius 2 is 2.23 bits per heavy atom. The molecule has 4 heteroatoms. The number of carbonyl (C=O) groups excluding carboxylic acids is 1. The standard InChI is InChI=1S/C18H24N2O2/c1-3-22-18(21)14-7-6-10-20(11-14)12-16-13(2)19-17-9-5-4-8-15(16)17/h4-5,8-9,14,19H,3,6-7,10-12H2,1-2H3/p+1/t14-/m1/s1. The number of fused-ring (bicyclic) bond motifs is 1. The number of benzene rings is 1. The number of quaternary nitrogens is 1. The minimum atomic E-state index is -0.0182. The molecule has 0 bridgehead atoms. The highest BCUT2D eigenvalue weighted by Crippen LogP contribution is 2.21. The molecule has 0 amide bonds. The monoisotopic (exact) mass is 301 g/mol. The molecule has 1 aliphatic rings. The molecule has 1 aromatic carbocycles. The fourth-order valence-corrected chi connectivity index (χ4v) is 3.59. The van der Waals surface area contributed by atoms with E-state index in [1.807, 2.05) is 6.92 Å². The van der Waals surface area contributed by atoms with Crippen molar-refractivity contribution in [1.82, 2.24) is 4.98 Å². The van der Waals surface area contributed by atoms with E-state index in [0.717, 1.165) is 32.5 Å². The lowest BCUT2D eigenvalue weighted by molar-refractivity contribution is -0.921. The van der Waals surface area contributed by atoms with Gasteiger partial charge in [-0.1, -0.05) is 18.2 Å². The number of aromatic amines is 1. The van der Waals surface area contributed by atoms with Crippen LogP contribution in [0.15, 0.2) is 24.3 Å². The molecule has 1 aromatic heterocycles. The van der Waals surface area contributed by atoms with Gasteiger partial charge in [0, 0.05) is 22.2 Å². The molecule has 118 valence electrons. The van der Waals surface area contributed by atoms with Gasteiger partial charge in [0.1, 0.15) is 12.5 Å². The summed E-state index contributed by atoms with van der Waals surface area (Å²) in [5.74, 6) is 0.0459. The quantitative estimate of drug-likeness (QED) is 0.847. The molecule has 1 fully saturated rings. The summed E-state index contributed by atoms with van der Waals surface area (Å²) in [5.41, 5.74) is 3.83. The molecule has 0 aliphatic carbocycles. The number of ether oxygens (including phenoxy) is 1. The summed E-state index contributed by atoms with van der Waals surface area (Å²) in [5, 5.41) is 1.31. The van der Waals surface area contributed by atoms with Crippen molar-refractivity contribution in [2.24, 2.45) is 5.92 Å². The van der Waals surface area contributed by atoms with Crippen LogP contribution >= 0.6 is 0 Å². The molecule has 1 aliphatic heterocycles. The Labute approximate surface area is 131 Å². The van der Waals surface area contributed by atoms with Crippen molar-refractivity contribution in [3.63, 3.8) is 0 Å². The van der Waals surface area contributed by atoms with Gasteiger partial charge in [0.2, 0.25) is 0 Å². The van der Waals surface area contributed by atoms with Crippen LogP contribution < -0.4 is 4.90 Å². The first-order valence-electron chi connectivity index (χ1n) is 8.25. The van der Waals surface area contributed by atoms with Crippen LogP contribution in [0, 0.1) is 12.8 Å². The second kappa shape index (κ2) is 6.53. The highest BCUT2D eigenvalue weighted by Gasteiger charge is 2.30. The Balaban J connectivity index is 1.74. The number of esters is 1. The normalized spacial score (nSPS) is 21.9. The van der Waals surface area contributed by atoms with Crippen LogP contribution in [0.3, 0.4) is 0 Å². The van der Waals surface area contributed by atoms with Gasteiger partial charge < -0.3 is 14.6 Å². The van der Waals surface area contributed by atoms with Crippen molar-refractivity contribution in [2.45, 2.75) is 33.2 Å². The van der Waals surface area contributed by atoms with Crippen LogP contribution in [0.25, 0.3) is 10.9 Å². The van der Waals surface area contributed by atoms with Crippen LogP contribution in [-0.4, -0.2) is 30.6 Å². The number of carbonyl (C=O) groups is 1. The van der Waals surface area contributed by atoms with Crippen molar-refractivity contribution in [1.29, 1.82) is 0 Å². The first-order chi connectivity index (χ1) is 10.7. The number of rotatable bonds is 4. The van der Waals surface area contributed by atoms with E-state index in [1.54, 1.807) is 0 Å². The van der Waals surface area contributed by atoms with Crippen molar-refractivity contribution in [3.05, 3.63) is 35.5 Å². The van der Waals surface area contributed by atoms with E-state index in [1.165, 1.54) is 27.1 Å². The highest BCUT2D eigenvalue weighted by atomic mass is 16.5. The number of nitrogens with one attached hydrogen (secondary N) is 2. The molecule has 2 N–H and O–H groups in total. The number of likely N-dealkylation sites (tertiary alicyclic amines) is 1. The van der Waals surface area contributed by atoms with E-state index in [4.69, 9.17) is 4.74 Å². The summed E-state index contributed by atoms with van der Waals surface area (Å²) < 4.78 is 5.20. The van der Waals surface area contributed by atoms with E-state index in [9.17, 15) is 4.79 Å². The van der Waals surface area contributed by atoms with Crippen LogP contribution in [0.1, 0.15) is 31.0 Å². The fraction of sp³-hybridized carbons (Fsp3) is 0.500. The SMILES string of the molecule is CCOC(=O)[C@@H]1CCC[NH+](Cc2c(C)[nH]c3ccccc23)C1. The Kier molecular flexibility index (Phi) is 4.48. The molecule has 0 radical (unpaired) electrons. The van der Waals surface area contributed by atoms with Crippen molar-refractivity contribution in [2.75, 3.05) is 19.7 Å². The summed E-state index contributed by atoms with van der Waals surface area (Å²) in [4.78, 5) is 16.9. The lowest BCUT2D eigenvalue weighted by Gasteiger charge is -2.28. The lowest BCUT2D eigenvalue weighted by Crippen LogP contribution is -3.12. The van der Waals surface area contributed by atoms with E-state index in [-0.39, 0.29) is 11.9 Å². The molecule has 2 aromatic rings. The second-order valence-electron chi connectivity index (χ2n) is 6.25. The van der Waals surface area contributed by atoms with Gasteiger partial charge in [0.15, 0.2) is 0 Å². The third-order valence-electron chi connectivity index (χ3n) is 4.69. The average Bonchev–Trinajstić information content (AvgIpc) is 2.84. The van der Waals surface area contributed by atoms with Crippen LogP contribution in [0.4, 0.5) is 0 Å². The molecule has 22 heavy (non-hydrogen) atoms. The predicted octanol–water partition coefficient (Wildman–Crippen LogP) is 1.83. The summed E-state index contributed by atoms with van der Waals surface area (Å²) in [6, 6.07) is 8.46. The van der Waals surface area contributed by atoms with Crippen molar-refractivity contribution >= 4 is 16.9 Å². The zero-order valence-corrected chi connectivity index (χ0v) is 13.4. The first kappa shape index (κ1) is 15.1. The molecule has 0 saturated carbocycles. The summed E-state index contributed by atoms with van der Waals surface area (Å²) in [7, 11) is 0. The number of aryl methyl sites for hydroxylation is 1. The van der Waals surface area contributed by atoms with E-state index in [0.29, 0.717) is 6.61 Å². The minimum absolute atomic E-state index is 0.0182. The highest BCUT2D eigenvalue weighted by molar-refractivity contribution is 5.84. The van der Waals surface area contributed by atoms with Gasteiger partial charge >= 0.3 is 5.97 Å². The van der Waals surface area contributed by atoms with E-state index < -0.39 is 0 Å². The van der Waals surface area contributed by atoms with Gasteiger partial charge in [0.05, 0.1) is 19.7 Å². The Bertz CT molecular complexity index is 662. The van der Waals surface area contributed by atoms with Crippen molar-refractivity contribution in [3.8, 4) is 0 Å². The van der Waals surface area contributed by atoms with Gasteiger partial charge in [-0.05, 0) is 32.8 Å². The van der Waals surface area contributed by atoms with Gasteiger partial charge in [-0.2, -0.15) is 0 Å². The molecule has 3 rings (SSSR count). The minimum Gasteiger partial charge on any atom is -0.466 e. The van der Waals surface area contributed by atoms with Crippen molar-refractivity contribution < 1.29 is 14.4 Å². The zero-order valence-electron chi connectivity index (χ0n) is 13.4. The Morgan fingerprint density at radius 1 is 1.41 bits per heavy atom. The van der Waals surface area contributed by atoms with E-state index in [2.05, 4.69) is 36.2 Å². The van der Waals surface area contributed by atoms with Gasteiger partial charge in [-0.15, -0.1) is 0 Å². The van der Waals surface area contributed by atoms with Gasteiger partial charge in [0.25, 0.3) is 0 Å². The lowest BCUT2D eigenvalue weighted by atomic mass is 9.97. The van der Waals surface area contributed by atoms with Crippen LogP contribution in [0.5, 0.6) is 0 Å². The largest absolute Gasteiger partial charge is 0.466 e. The molecule has 4 nitrogen and oxygen atoms in total. The maximum atomic E-state index is 12.0. The maximum absolute atomic E-state index is 12.0. The second-order valence-corrected chi connectivity index (χ2v) is 6.25. The summed E-state index contributed by atoms with van der Waals surface area (Å²) in [6.07, 6.45) is 2.06. The third-order valence-corrected chi connectivity index (χ3v) is 4.69. The number of hydrogen-bond donors (Lipinski definition) is 2. The summed E-state index contributed by atoms with van der Waals surface area (Å²) in [6.45, 7) is 7.49. The Morgan fingerprint density at radius 3 is 3.05 bits per heavy atom. The molecular formula is C18H25N2O2+. The Hall–Kier alpha value is -1.81. The molecular weight excluding hydrogens is 276 g/mol. The first-order valence-corrected chi connectivity index (χ1v) is 8.25. The third kappa shape index (κ3) is 3.02. The molecule has 1 saturated heterocycles. The number of piperidine rings is 1. The molecule has 1 unspecified atom stereocenters. The topological polar surface area (TPSA) is 46.5 Å². The van der Waals surface area contributed by atoms with Gasteiger partial charge in [-0.3, -0.25) is 4.79 Å². The maximum Gasteiger partial charge on any atom is 0.314 e. The van der Waals surface area contributed by atoms with Gasteiger partial charge in [-0.25, -0.2) is 0 Å². The predicted molar refractivity (Wildman–Crippen MR) is 86.8 cm³/mol. The molecule has 0 spiro atoms. The van der Waals surface area contributed by atoms with Crippen LogP contribution in [-0.2, 0) is 16.1 Å². The number of hydrogen-bond acceptors (Lipinski definition) is 2.